The van der Waals surface area contributed by atoms with Gasteiger partial charge in [0.1, 0.15) is 0 Å². The molecule has 5 nitrogen and oxygen atoms in total. The number of anilines is 1. The molecular weight excluding hydrogens is 311 g/mol. The molecule has 0 aromatic heterocycles. The molecule has 1 amide bonds. The molecule has 0 aliphatic carbocycles. The van der Waals surface area contributed by atoms with Gasteiger partial charge in [-0.15, -0.1) is 0 Å². The number of carbonyl (C=O) groups is 1. The first kappa shape index (κ1) is 15.9. The summed E-state index contributed by atoms with van der Waals surface area (Å²) in [7, 11) is 0. The molecule has 1 fully saturated rings. The molecule has 126 valence electrons. The van der Waals surface area contributed by atoms with Gasteiger partial charge >= 0.3 is 12.3 Å². The van der Waals surface area contributed by atoms with E-state index in [1.807, 2.05) is 4.90 Å². The van der Waals surface area contributed by atoms with Crippen molar-refractivity contribution in [1.82, 2.24) is 10.2 Å². The Morgan fingerprint density at radius 2 is 1.83 bits per heavy atom. The van der Waals surface area contributed by atoms with Crippen LogP contribution < -0.4 is 10.2 Å². The van der Waals surface area contributed by atoms with Gasteiger partial charge in [0.05, 0.1) is 5.56 Å². The van der Waals surface area contributed by atoms with Crippen LogP contribution in [0.15, 0.2) is 12.1 Å². The van der Waals surface area contributed by atoms with E-state index in [-0.39, 0.29) is 0 Å². The summed E-state index contributed by atoms with van der Waals surface area (Å²) in [6, 6.07) is 2.67. The van der Waals surface area contributed by atoms with Crippen LogP contribution in [0.1, 0.15) is 16.7 Å². The minimum Gasteiger partial charge on any atom is -0.465 e. The summed E-state index contributed by atoms with van der Waals surface area (Å²) in [5.41, 5.74) is 1.29. The number of carboxylic acid groups (broad SMARTS) is 1. The molecule has 1 aromatic carbocycles. The van der Waals surface area contributed by atoms with E-state index in [1.54, 1.807) is 0 Å². The number of halogens is 3. The monoisotopic (exact) mass is 329 g/mol. The molecule has 2 aliphatic rings. The number of hydrogen-bond donors (Lipinski definition) is 2. The number of benzene rings is 1. The highest BCUT2D eigenvalue weighted by Gasteiger charge is 2.36. The van der Waals surface area contributed by atoms with Crippen molar-refractivity contribution in [2.75, 3.05) is 37.6 Å². The number of nitrogens with one attached hydrogen (secondary N) is 1. The van der Waals surface area contributed by atoms with Crippen molar-refractivity contribution in [2.45, 2.75) is 19.1 Å². The highest BCUT2D eigenvalue weighted by molar-refractivity contribution is 5.66. The Labute approximate surface area is 131 Å². The Bertz CT molecular complexity index is 611. The van der Waals surface area contributed by atoms with E-state index in [2.05, 4.69) is 5.32 Å². The molecule has 0 unspecified atom stereocenters. The molecular formula is C15H18F3N3O2. The number of hydrogen-bond acceptors (Lipinski definition) is 3. The molecule has 1 saturated heterocycles. The molecule has 0 spiro atoms. The predicted molar refractivity (Wildman–Crippen MR) is 78.7 cm³/mol. The molecule has 2 aliphatic heterocycles. The number of amides is 1. The van der Waals surface area contributed by atoms with Gasteiger partial charge in [-0.1, -0.05) is 0 Å². The quantitative estimate of drug-likeness (QED) is 0.829. The Hall–Kier alpha value is -1.96. The maximum atomic E-state index is 13.2. The first-order chi connectivity index (χ1) is 10.9. The van der Waals surface area contributed by atoms with Crippen LogP contribution in [0.25, 0.3) is 0 Å². The van der Waals surface area contributed by atoms with Crippen molar-refractivity contribution in [2.24, 2.45) is 0 Å². The zero-order valence-corrected chi connectivity index (χ0v) is 12.5. The zero-order valence-electron chi connectivity index (χ0n) is 12.5. The summed E-state index contributed by atoms with van der Waals surface area (Å²) < 4.78 is 39.6. The molecule has 0 radical (unpaired) electrons. The number of piperazine rings is 1. The lowest BCUT2D eigenvalue weighted by Crippen LogP contribution is -2.48. The Kier molecular flexibility index (Phi) is 4.09. The number of rotatable bonds is 1. The van der Waals surface area contributed by atoms with E-state index in [0.717, 1.165) is 11.8 Å². The van der Waals surface area contributed by atoms with Crippen LogP contribution in [0.4, 0.5) is 23.7 Å². The van der Waals surface area contributed by atoms with Gasteiger partial charge in [0.15, 0.2) is 0 Å². The summed E-state index contributed by atoms with van der Waals surface area (Å²) in [4.78, 5) is 14.3. The number of fused-ring (bicyclic) bond motifs is 1. The average molecular weight is 329 g/mol. The van der Waals surface area contributed by atoms with E-state index in [9.17, 15) is 18.0 Å². The second-order valence-electron chi connectivity index (χ2n) is 5.77. The SMILES string of the molecule is O=C(O)N1CCN(c2ccc(C(F)(F)F)c3c2CNCC3)CC1. The van der Waals surface area contributed by atoms with Crippen LogP contribution in [0.5, 0.6) is 0 Å². The summed E-state index contributed by atoms with van der Waals surface area (Å²) in [6.45, 7) is 2.64. The lowest BCUT2D eigenvalue weighted by atomic mass is 9.93. The first-order valence-corrected chi connectivity index (χ1v) is 7.53. The van der Waals surface area contributed by atoms with Gasteiger partial charge < -0.3 is 20.2 Å². The van der Waals surface area contributed by atoms with Crippen molar-refractivity contribution in [1.29, 1.82) is 0 Å². The molecule has 8 heteroatoms. The van der Waals surface area contributed by atoms with Gasteiger partial charge in [-0.25, -0.2) is 4.79 Å². The Morgan fingerprint density at radius 1 is 1.13 bits per heavy atom. The Morgan fingerprint density at radius 3 is 2.43 bits per heavy atom. The molecule has 0 saturated carbocycles. The maximum Gasteiger partial charge on any atom is 0.416 e. The van der Waals surface area contributed by atoms with Crippen molar-refractivity contribution >= 4 is 11.8 Å². The fourth-order valence-corrected chi connectivity index (χ4v) is 3.29. The van der Waals surface area contributed by atoms with Crippen molar-refractivity contribution in [3.8, 4) is 0 Å². The largest absolute Gasteiger partial charge is 0.465 e. The maximum absolute atomic E-state index is 13.2. The third-order valence-electron chi connectivity index (χ3n) is 4.46. The van der Waals surface area contributed by atoms with Gasteiger partial charge in [0.2, 0.25) is 0 Å². The molecule has 0 atom stereocenters. The summed E-state index contributed by atoms with van der Waals surface area (Å²) in [5.74, 6) is 0. The van der Waals surface area contributed by atoms with Crippen molar-refractivity contribution in [3.05, 3.63) is 28.8 Å². The smallest absolute Gasteiger partial charge is 0.416 e. The minimum absolute atomic E-state index is 0.354. The van der Waals surface area contributed by atoms with Crippen LogP contribution >= 0.6 is 0 Å². The van der Waals surface area contributed by atoms with E-state index in [1.165, 1.54) is 11.0 Å². The topological polar surface area (TPSA) is 55.8 Å². The third-order valence-corrected chi connectivity index (χ3v) is 4.46. The van der Waals surface area contributed by atoms with Crippen molar-refractivity contribution < 1.29 is 23.1 Å². The molecule has 2 heterocycles. The summed E-state index contributed by atoms with van der Waals surface area (Å²) in [6.07, 6.45) is -4.95. The fourth-order valence-electron chi connectivity index (χ4n) is 3.29. The highest BCUT2D eigenvalue weighted by atomic mass is 19.4. The van der Waals surface area contributed by atoms with E-state index >= 15 is 0 Å². The second kappa shape index (κ2) is 5.92. The van der Waals surface area contributed by atoms with Gasteiger partial charge in [-0.2, -0.15) is 13.2 Å². The van der Waals surface area contributed by atoms with E-state index in [0.29, 0.717) is 56.8 Å². The van der Waals surface area contributed by atoms with Gasteiger partial charge in [-0.05, 0) is 36.2 Å². The summed E-state index contributed by atoms with van der Waals surface area (Å²) in [5, 5.41) is 12.1. The zero-order chi connectivity index (χ0) is 16.6. The van der Waals surface area contributed by atoms with Crippen molar-refractivity contribution in [3.63, 3.8) is 0 Å². The fraction of sp³-hybridized carbons (Fsp3) is 0.533. The van der Waals surface area contributed by atoms with Gasteiger partial charge in [0, 0.05) is 38.4 Å². The lowest BCUT2D eigenvalue weighted by Gasteiger charge is -2.37. The molecule has 3 rings (SSSR count). The normalized spacial score (nSPS) is 18.7. The molecule has 1 aromatic rings. The molecule has 23 heavy (non-hydrogen) atoms. The van der Waals surface area contributed by atoms with Crippen LogP contribution in [-0.4, -0.2) is 48.8 Å². The van der Waals surface area contributed by atoms with E-state index in [4.69, 9.17) is 5.11 Å². The predicted octanol–water partition coefficient (Wildman–Crippen LogP) is 2.15. The lowest BCUT2D eigenvalue weighted by molar-refractivity contribution is -0.138. The third kappa shape index (κ3) is 3.08. The van der Waals surface area contributed by atoms with Crippen LogP contribution in [-0.2, 0) is 19.1 Å². The highest BCUT2D eigenvalue weighted by Crippen LogP contribution is 2.38. The molecule has 0 bridgehead atoms. The second-order valence-corrected chi connectivity index (χ2v) is 5.77. The van der Waals surface area contributed by atoms with Crippen LogP contribution in [0.2, 0.25) is 0 Å². The van der Waals surface area contributed by atoms with Gasteiger partial charge in [-0.3, -0.25) is 0 Å². The minimum atomic E-state index is -4.35. The van der Waals surface area contributed by atoms with Crippen LogP contribution in [0, 0.1) is 0 Å². The summed E-state index contributed by atoms with van der Waals surface area (Å²) >= 11 is 0. The Balaban J connectivity index is 1.91. The van der Waals surface area contributed by atoms with Crippen LogP contribution in [0.3, 0.4) is 0 Å². The number of nitrogens with zero attached hydrogens (tertiary/aromatic N) is 2. The number of alkyl halides is 3. The first-order valence-electron chi connectivity index (χ1n) is 7.53. The standard InChI is InChI=1S/C15H18F3N3O2/c16-15(17,18)12-1-2-13(11-9-19-4-3-10(11)12)20-5-7-21(8-6-20)14(22)23/h1-2,19H,3-9H2,(H,22,23). The van der Waals surface area contributed by atoms with E-state index < -0.39 is 17.8 Å². The average Bonchev–Trinajstić information content (AvgIpc) is 2.53. The van der Waals surface area contributed by atoms with Gasteiger partial charge in [0.25, 0.3) is 0 Å². The molecule has 2 N–H and O–H groups in total.